The van der Waals surface area contributed by atoms with Crippen molar-refractivity contribution in [3.05, 3.63) is 0 Å². The summed E-state index contributed by atoms with van der Waals surface area (Å²) in [5.41, 5.74) is 0. The van der Waals surface area contributed by atoms with Crippen LogP contribution < -0.4 is 0 Å². The van der Waals surface area contributed by atoms with Gasteiger partial charge in [0.2, 0.25) is 15.9 Å². The van der Waals surface area contributed by atoms with Crippen molar-refractivity contribution in [2.45, 2.75) is 13.3 Å². The molecule has 0 atom stereocenters. The summed E-state index contributed by atoms with van der Waals surface area (Å²) in [6, 6.07) is 0. The van der Waals surface area contributed by atoms with Gasteiger partial charge < -0.3 is 10.0 Å². The molecule has 0 fully saturated rings. The van der Waals surface area contributed by atoms with Crippen molar-refractivity contribution < 1.29 is 23.1 Å². The molecule has 0 bridgehead atoms. The number of carbonyl (C=O) groups is 2. The average Bonchev–Trinajstić information content (AvgIpc) is 2.14. The first-order valence-corrected chi connectivity index (χ1v) is 6.94. The van der Waals surface area contributed by atoms with E-state index < -0.39 is 28.4 Å². The maximum atomic E-state index is 11.7. The van der Waals surface area contributed by atoms with Crippen LogP contribution in [0.25, 0.3) is 0 Å². The molecule has 1 amide bonds. The molecule has 0 aliphatic rings. The first-order valence-electron chi connectivity index (χ1n) is 5.09. The Morgan fingerprint density at radius 1 is 1.24 bits per heavy atom. The summed E-state index contributed by atoms with van der Waals surface area (Å²) < 4.78 is 23.1. The molecule has 0 aliphatic carbocycles. The van der Waals surface area contributed by atoms with E-state index in [2.05, 4.69) is 0 Å². The SMILES string of the molecule is CCCN(CC(=O)O)C(=O)CN(C)S(C)(=O)=O. The lowest BCUT2D eigenvalue weighted by atomic mass is 10.3. The maximum absolute atomic E-state index is 11.7. The summed E-state index contributed by atoms with van der Waals surface area (Å²) in [5.74, 6) is -1.63. The minimum absolute atomic E-state index is 0.294. The molecule has 0 saturated heterocycles. The molecule has 0 rings (SSSR count). The number of likely N-dealkylation sites (N-methyl/N-ethyl adjacent to an activating group) is 1. The predicted molar refractivity (Wildman–Crippen MR) is 62.0 cm³/mol. The number of hydrogen-bond donors (Lipinski definition) is 1. The standard InChI is InChI=1S/C9H18N2O5S/c1-4-5-11(7-9(13)14)8(12)6-10(2)17(3,15)16/h4-7H2,1-3H3,(H,13,14). The number of rotatable bonds is 7. The largest absolute Gasteiger partial charge is 0.480 e. The molecule has 0 aromatic carbocycles. The van der Waals surface area contributed by atoms with E-state index in [1.807, 2.05) is 6.92 Å². The summed E-state index contributed by atoms with van der Waals surface area (Å²) in [6.07, 6.45) is 1.60. The van der Waals surface area contributed by atoms with Crippen LogP contribution in [0.3, 0.4) is 0 Å². The van der Waals surface area contributed by atoms with E-state index in [9.17, 15) is 18.0 Å². The molecule has 0 unspecified atom stereocenters. The van der Waals surface area contributed by atoms with Crippen molar-refractivity contribution in [1.82, 2.24) is 9.21 Å². The Bertz CT molecular complexity index is 379. The molecule has 0 aromatic heterocycles. The highest BCUT2D eigenvalue weighted by Crippen LogP contribution is 1.98. The second-order valence-corrected chi connectivity index (χ2v) is 5.82. The van der Waals surface area contributed by atoms with Crippen LogP contribution in [0.4, 0.5) is 0 Å². The Morgan fingerprint density at radius 3 is 2.12 bits per heavy atom. The Hall–Kier alpha value is -1.15. The number of amides is 1. The highest BCUT2D eigenvalue weighted by molar-refractivity contribution is 7.88. The van der Waals surface area contributed by atoms with Gasteiger partial charge >= 0.3 is 5.97 Å². The van der Waals surface area contributed by atoms with Gasteiger partial charge in [0.1, 0.15) is 6.54 Å². The van der Waals surface area contributed by atoms with Gasteiger partial charge in [-0.3, -0.25) is 9.59 Å². The number of sulfonamides is 1. The quantitative estimate of drug-likeness (QED) is 0.651. The van der Waals surface area contributed by atoms with Crippen LogP contribution in [0.15, 0.2) is 0 Å². The number of carboxylic acid groups (broad SMARTS) is 1. The van der Waals surface area contributed by atoms with Gasteiger partial charge in [-0.2, -0.15) is 4.31 Å². The van der Waals surface area contributed by atoms with E-state index >= 15 is 0 Å². The number of carboxylic acids is 1. The van der Waals surface area contributed by atoms with Crippen LogP contribution in [0, 0.1) is 0 Å². The molecule has 7 nitrogen and oxygen atoms in total. The highest BCUT2D eigenvalue weighted by Gasteiger charge is 2.21. The minimum atomic E-state index is -3.44. The fourth-order valence-corrected chi connectivity index (χ4v) is 1.48. The Labute approximate surface area is 101 Å². The summed E-state index contributed by atoms with van der Waals surface area (Å²) in [6.45, 7) is 1.35. The summed E-state index contributed by atoms with van der Waals surface area (Å²) in [4.78, 5) is 23.4. The number of hydrogen-bond acceptors (Lipinski definition) is 4. The molecule has 0 spiro atoms. The average molecular weight is 266 g/mol. The molecular formula is C9H18N2O5S. The van der Waals surface area contributed by atoms with Crippen LogP contribution in [-0.4, -0.2) is 67.5 Å². The van der Waals surface area contributed by atoms with Crippen molar-refractivity contribution in [2.24, 2.45) is 0 Å². The summed E-state index contributed by atoms with van der Waals surface area (Å²) in [5, 5.41) is 8.63. The molecule has 17 heavy (non-hydrogen) atoms. The molecule has 0 aliphatic heterocycles. The highest BCUT2D eigenvalue weighted by atomic mass is 32.2. The van der Waals surface area contributed by atoms with Crippen molar-refractivity contribution in [2.75, 3.05) is 32.9 Å². The molecule has 0 heterocycles. The molecule has 8 heteroatoms. The van der Waals surface area contributed by atoms with Gasteiger partial charge in [0.15, 0.2) is 0 Å². The van der Waals surface area contributed by atoms with Gasteiger partial charge in [0.25, 0.3) is 0 Å². The van der Waals surface area contributed by atoms with Crippen LogP contribution in [0.2, 0.25) is 0 Å². The zero-order chi connectivity index (χ0) is 13.6. The van der Waals surface area contributed by atoms with Gasteiger partial charge in [-0.1, -0.05) is 6.92 Å². The third kappa shape index (κ3) is 6.22. The van der Waals surface area contributed by atoms with E-state index in [1.165, 1.54) is 7.05 Å². The monoisotopic (exact) mass is 266 g/mol. The zero-order valence-electron chi connectivity index (χ0n) is 10.2. The normalized spacial score (nSPS) is 11.5. The summed E-state index contributed by atoms with van der Waals surface area (Å²) in [7, 11) is -2.16. The minimum Gasteiger partial charge on any atom is -0.480 e. The van der Waals surface area contributed by atoms with Gasteiger partial charge in [-0.05, 0) is 6.42 Å². The number of aliphatic carboxylic acids is 1. The van der Waals surface area contributed by atoms with E-state index in [0.29, 0.717) is 13.0 Å². The van der Waals surface area contributed by atoms with Gasteiger partial charge in [0, 0.05) is 13.6 Å². The molecular weight excluding hydrogens is 248 g/mol. The van der Waals surface area contributed by atoms with Crippen LogP contribution >= 0.6 is 0 Å². The smallest absolute Gasteiger partial charge is 0.323 e. The second-order valence-electron chi connectivity index (χ2n) is 3.73. The van der Waals surface area contributed by atoms with Crippen LogP contribution in [0.1, 0.15) is 13.3 Å². The molecule has 100 valence electrons. The third-order valence-corrected chi connectivity index (χ3v) is 3.36. The van der Waals surface area contributed by atoms with Crippen molar-refractivity contribution in [1.29, 1.82) is 0 Å². The predicted octanol–water partition coefficient (Wildman–Crippen LogP) is -0.799. The van der Waals surface area contributed by atoms with Crippen molar-refractivity contribution in [3.8, 4) is 0 Å². The molecule has 0 saturated carbocycles. The lowest BCUT2D eigenvalue weighted by Gasteiger charge is -2.22. The van der Waals surface area contributed by atoms with Gasteiger partial charge in [0.05, 0.1) is 12.8 Å². The van der Waals surface area contributed by atoms with E-state index in [-0.39, 0.29) is 6.54 Å². The zero-order valence-corrected chi connectivity index (χ0v) is 11.0. The Kier molecular flexibility index (Phi) is 6.11. The van der Waals surface area contributed by atoms with Gasteiger partial charge in [-0.25, -0.2) is 8.42 Å². The van der Waals surface area contributed by atoms with Gasteiger partial charge in [-0.15, -0.1) is 0 Å². The fourth-order valence-electron chi connectivity index (χ4n) is 1.13. The summed E-state index contributed by atoms with van der Waals surface area (Å²) >= 11 is 0. The first kappa shape index (κ1) is 15.9. The fraction of sp³-hybridized carbons (Fsp3) is 0.778. The molecule has 0 radical (unpaired) electrons. The van der Waals surface area contributed by atoms with Crippen LogP contribution in [0.5, 0.6) is 0 Å². The number of nitrogens with zero attached hydrogens (tertiary/aromatic N) is 2. The van der Waals surface area contributed by atoms with Crippen LogP contribution in [-0.2, 0) is 19.6 Å². The topological polar surface area (TPSA) is 95.0 Å². The van der Waals surface area contributed by atoms with Crippen molar-refractivity contribution in [3.63, 3.8) is 0 Å². The third-order valence-electron chi connectivity index (χ3n) is 2.10. The maximum Gasteiger partial charge on any atom is 0.323 e. The van der Waals surface area contributed by atoms with E-state index in [0.717, 1.165) is 15.5 Å². The lowest BCUT2D eigenvalue weighted by Crippen LogP contribution is -2.43. The number of carbonyl (C=O) groups excluding carboxylic acids is 1. The van der Waals surface area contributed by atoms with E-state index in [1.54, 1.807) is 0 Å². The van der Waals surface area contributed by atoms with Crippen molar-refractivity contribution >= 4 is 21.9 Å². The van der Waals surface area contributed by atoms with E-state index in [4.69, 9.17) is 5.11 Å². The Morgan fingerprint density at radius 2 is 1.76 bits per heavy atom. The first-order chi connectivity index (χ1) is 7.68. The molecule has 1 N–H and O–H groups in total. The lowest BCUT2D eigenvalue weighted by molar-refractivity contribution is -0.144. The second kappa shape index (κ2) is 6.55. The molecule has 0 aromatic rings. The Balaban J connectivity index is 4.58.